The van der Waals surface area contributed by atoms with Gasteiger partial charge < -0.3 is 0 Å². The third kappa shape index (κ3) is 13.1. The van der Waals surface area contributed by atoms with Crippen molar-refractivity contribution < 1.29 is 0 Å². The van der Waals surface area contributed by atoms with Crippen molar-refractivity contribution in [3.8, 4) is 0 Å². The molecule has 4 nitrogen and oxygen atoms in total. The van der Waals surface area contributed by atoms with Gasteiger partial charge in [0.1, 0.15) is 0 Å². The Morgan fingerprint density at radius 3 is 2.12 bits per heavy atom. The fourth-order valence-electron chi connectivity index (χ4n) is 2.21. The number of hydrogen-bond acceptors (Lipinski definition) is 4. The zero-order valence-corrected chi connectivity index (χ0v) is 15.8. The van der Waals surface area contributed by atoms with Crippen LogP contribution >= 0.6 is 11.8 Å². The van der Waals surface area contributed by atoms with Crippen LogP contribution in [0.2, 0.25) is 0 Å². The predicted molar refractivity (Wildman–Crippen MR) is 104 cm³/mol. The number of tetrazole rings is 1. The van der Waals surface area contributed by atoms with Crippen LogP contribution in [0.4, 0.5) is 0 Å². The first-order chi connectivity index (χ1) is 11.9. The Kier molecular flexibility index (Phi) is 14.2. The lowest BCUT2D eigenvalue weighted by molar-refractivity contribution is 0.728. The van der Waals surface area contributed by atoms with Gasteiger partial charge in [0.25, 0.3) is 0 Å². The molecule has 1 aromatic heterocycles. The van der Waals surface area contributed by atoms with Gasteiger partial charge in [-0.05, 0) is 50.2 Å². The number of unbranched alkanes of at least 4 members (excludes halogenated alkanes) is 6. The number of hydrogen-bond donors (Lipinski definition) is 1. The summed E-state index contributed by atoms with van der Waals surface area (Å²) in [6.45, 7) is 2.25. The van der Waals surface area contributed by atoms with Crippen LogP contribution in [0.5, 0.6) is 0 Å². The second-order valence-electron chi connectivity index (χ2n) is 5.77. The number of thioether (sulfide) groups is 1. The van der Waals surface area contributed by atoms with Crippen LogP contribution in [0.15, 0.2) is 41.6 Å². The average molecular weight is 349 g/mol. The molecule has 0 aliphatic heterocycles. The van der Waals surface area contributed by atoms with Crippen LogP contribution in [0.3, 0.4) is 0 Å². The van der Waals surface area contributed by atoms with Gasteiger partial charge in [-0.2, -0.15) is 5.21 Å². The second-order valence-corrected chi connectivity index (χ2v) is 6.84. The quantitative estimate of drug-likeness (QED) is 0.244. The van der Waals surface area contributed by atoms with Crippen molar-refractivity contribution in [1.29, 1.82) is 0 Å². The van der Waals surface area contributed by atoms with Gasteiger partial charge in [0.2, 0.25) is 5.16 Å². The topological polar surface area (TPSA) is 54.5 Å². The van der Waals surface area contributed by atoms with Gasteiger partial charge in [-0.15, -0.1) is 10.2 Å². The molecular weight excluding hydrogens is 316 g/mol. The van der Waals surface area contributed by atoms with Gasteiger partial charge in [0.05, 0.1) is 0 Å². The normalized spacial score (nSPS) is 12.2. The lowest BCUT2D eigenvalue weighted by atomic mass is 10.2. The smallest absolute Gasteiger partial charge is 0.176 e. The van der Waals surface area contributed by atoms with Crippen molar-refractivity contribution in [2.45, 2.75) is 76.3 Å². The van der Waals surface area contributed by atoms with Crippen molar-refractivity contribution in [1.82, 2.24) is 20.6 Å². The van der Waals surface area contributed by atoms with Crippen LogP contribution in [-0.2, 0) is 0 Å². The summed E-state index contributed by atoms with van der Waals surface area (Å²) >= 11 is 1.67. The summed E-state index contributed by atoms with van der Waals surface area (Å²) < 4.78 is 0. The highest BCUT2D eigenvalue weighted by Crippen LogP contribution is 2.13. The first kappa shape index (κ1) is 20.7. The molecule has 0 spiro atoms. The number of allylic oxidation sites excluding steroid dienone is 6. The van der Waals surface area contributed by atoms with E-state index >= 15 is 0 Å². The minimum atomic E-state index is 0.748. The van der Waals surface area contributed by atoms with Crippen LogP contribution in [0.1, 0.15) is 71.1 Å². The Morgan fingerprint density at radius 1 is 0.833 bits per heavy atom. The van der Waals surface area contributed by atoms with E-state index in [1.165, 1.54) is 51.4 Å². The molecule has 0 fully saturated rings. The number of nitrogens with zero attached hydrogens (tertiary/aromatic N) is 3. The third-order valence-electron chi connectivity index (χ3n) is 3.59. The summed E-state index contributed by atoms with van der Waals surface area (Å²) in [7, 11) is 0. The Hall–Kier alpha value is -1.36. The number of H-pyrrole nitrogens is 1. The highest BCUT2D eigenvalue weighted by molar-refractivity contribution is 7.99. The van der Waals surface area contributed by atoms with Crippen LogP contribution in [0, 0.1) is 0 Å². The average Bonchev–Trinajstić information content (AvgIpc) is 3.11. The zero-order chi connectivity index (χ0) is 17.1. The Labute approximate surface area is 151 Å². The van der Waals surface area contributed by atoms with E-state index in [9.17, 15) is 0 Å². The molecule has 0 aliphatic carbocycles. The SMILES string of the molecule is CCCCC/C=C\C/C=C\C/C=C\CCCCCSc1nn[nH]n1. The van der Waals surface area contributed by atoms with Crippen molar-refractivity contribution in [3.05, 3.63) is 36.5 Å². The summed E-state index contributed by atoms with van der Waals surface area (Å²) in [5, 5.41) is 14.6. The minimum absolute atomic E-state index is 0.748. The van der Waals surface area contributed by atoms with E-state index < -0.39 is 0 Å². The molecule has 5 heteroatoms. The van der Waals surface area contributed by atoms with Crippen molar-refractivity contribution in [2.75, 3.05) is 5.75 Å². The molecule has 1 heterocycles. The monoisotopic (exact) mass is 348 g/mol. The maximum absolute atomic E-state index is 3.92. The highest BCUT2D eigenvalue weighted by atomic mass is 32.2. The molecule has 0 radical (unpaired) electrons. The van der Waals surface area contributed by atoms with Crippen molar-refractivity contribution >= 4 is 11.8 Å². The molecule has 0 aliphatic rings. The minimum Gasteiger partial charge on any atom is -0.176 e. The molecule has 0 amide bonds. The van der Waals surface area contributed by atoms with E-state index in [0.717, 1.165) is 23.8 Å². The number of aromatic nitrogens is 4. The van der Waals surface area contributed by atoms with E-state index in [0.29, 0.717) is 0 Å². The van der Waals surface area contributed by atoms with Gasteiger partial charge in [0.15, 0.2) is 0 Å². The van der Waals surface area contributed by atoms with Gasteiger partial charge in [0, 0.05) is 5.75 Å². The van der Waals surface area contributed by atoms with Gasteiger partial charge in [-0.1, -0.05) is 74.4 Å². The first-order valence-electron chi connectivity index (χ1n) is 9.24. The molecule has 0 bridgehead atoms. The molecule has 134 valence electrons. The first-order valence-corrected chi connectivity index (χ1v) is 10.2. The predicted octanol–water partition coefficient (Wildman–Crippen LogP) is 5.88. The van der Waals surface area contributed by atoms with E-state index in [2.05, 4.69) is 64.0 Å². The summed E-state index contributed by atoms with van der Waals surface area (Å²) in [6.07, 6.45) is 25.9. The van der Waals surface area contributed by atoms with Crippen molar-refractivity contribution in [2.24, 2.45) is 0 Å². The molecule has 1 rings (SSSR count). The van der Waals surface area contributed by atoms with Crippen LogP contribution < -0.4 is 0 Å². The second kappa shape index (κ2) is 16.5. The summed E-state index contributed by atoms with van der Waals surface area (Å²) in [6, 6.07) is 0. The van der Waals surface area contributed by atoms with Gasteiger partial charge >= 0.3 is 0 Å². The molecule has 0 atom stereocenters. The maximum atomic E-state index is 3.92. The Balaban J connectivity index is 1.83. The number of rotatable bonds is 15. The molecule has 0 aromatic carbocycles. The van der Waals surface area contributed by atoms with Gasteiger partial charge in [-0.3, -0.25) is 0 Å². The molecule has 24 heavy (non-hydrogen) atoms. The molecule has 1 aromatic rings. The fraction of sp³-hybridized carbons (Fsp3) is 0.632. The number of nitrogens with one attached hydrogen (secondary N) is 1. The summed E-state index contributed by atoms with van der Waals surface area (Å²) in [4.78, 5) is 0. The molecule has 0 unspecified atom stereocenters. The van der Waals surface area contributed by atoms with E-state index in [1.807, 2.05) is 0 Å². The van der Waals surface area contributed by atoms with Gasteiger partial charge in [-0.25, -0.2) is 0 Å². The molecule has 1 N–H and O–H groups in total. The van der Waals surface area contributed by atoms with E-state index in [4.69, 9.17) is 0 Å². The molecule has 0 saturated carbocycles. The maximum Gasteiger partial charge on any atom is 0.230 e. The highest BCUT2D eigenvalue weighted by Gasteiger charge is 1.97. The van der Waals surface area contributed by atoms with Crippen LogP contribution in [0.25, 0.3) is 0 Å². The third-order valence-corrected chi connectivity index (χ3v) is 4.51. The Morgan fingerprint density at radius 2 is 1.50 bits per heavy atom. The van der Waals surface area contributed by atoms with Crippen LogP contribution in [-0.4, -0.2) is 26.4 Å². The zero-order valence-electron chi connectivity index (χ0n) is 15.0. The largest absolute Gasteiger partial charge is 0.230 e. The summed E-state index contributed by atoms with van der Waals surface area (Å²) in [5.74, 6) is 1.07. The number of aromatic amines is 1. The summed E-state index contributed by atoms with van der Waals surface area (Å²) in [5.41, 5.74) is 0. The Bertz CT molecular complexity index is 452. The lowest BCUT2D eigenvalue weighted by Crippen LogP contribution is -1.83. The standard InChI is InChI=1S/C19H32N4S/c1-2-3-4-5-6-7-8-9-10-11-12-13-14-15-16-17-18-24-19-20-22-23-21-19/h6-7,9-10,12-13H,2-5,8,11,14-18H2,1H3,(H,20,21,22,23)/b7-6-,10-9-,13-12-. The van der Waals surface area contributed by atoms with E-state index in [-0.39, 0.29) is 0 Å². The molecule has 0 saturated heterocycles. The fourth-order valence-corrected chi connectivity index (χ4v) is 2.94. The van der Waals surface area contributed by atoms with E-state index in [1.54, 1.807) is 11.8 Å². The molecular formula is C19H32N4S. The lowest BCUT2D eigenvalue weighted by Gasteiger charge is -1.96. The van der Waals surface area contributed by atoms with Crippen molar-refractivity contribution in [3.63, 3.8) is 0 Å².